The summed E-state index contributed by atoms with van der Waals surface area (Å²) in [5.74, 6) is 2.46. The minimum absolute atomic E-state index is 0.0312. The van der Waals surface area contributed by atoms with Crippen LogP contribution in [0.2, 0.25) is 10.0 Å². The molecule has 0 unspecified atom stereocenters. The Morgan fingerprint density at radius 2 is 1.59 bits per heavy atom. The summed E-state index contributed by atoms with van der Waals surface area (Å²) in [5, 5.41) is 4.16. The summed E-state index contributed by atoms with van der Waals surface area (Å²) in [6, 6.07) is 23.7. The van der Waals surface area contributed by atoms with Crippen LogP contribution < -0.4 is 5.32 Å². The van der Waals surface area contributed by atoms with Crippen LogP contribution in [0.1, 0.15) is 21.5 Å². The highest BCUT2D eigenvalue weighted by atomic mass is 35.5. The fourth-order valence-electron chi connectivity index (χ4n) is 2.67. The molecule has 0 bridgehead atoms. The SMILES string of the molecule is O=C(NCCSCc1ccc(Cl)c(Cl)c1)c1ccccc1SCc1ccccc1. The highest BCUT2D eigenvalue weighted by molar-refractivity contribution is 7.98. The summed E-state index contributed by atoms with van der Waals surface area (Å²) < 4.78 is 0. The van der Waals surface area contributed by atoms with Crippen LogP contribution in [0, 0.1) is 0 Å². The molecule has 0 atom stereocenters. The number of halogens is 2. The lowest BCUT2D eigenvalue weighted by atomic mass is 10.2. The molecule has 3 rings (SSSR count). The van der Waals surface area contributed by atoms with Crippen LogP contribution in [0.25, 0.3) is 0 Å². The number of hydrogen-bond acceptors (Lipinski definition) is 3. The van der Waals surface area contributed by atoms with Crippen molar-refractivity contribution in [3.63, 3.8) is 0 Å². The van der Waals surface area contributed by atoms with Gasteiger partial charge in [-0.3, -0.25) is 4.79 Å². The molecule has 29 heavy (non-hydrogen) atoms. The lowest BCUT2D eigenvalue weighted by Gasteiger charge is -2.10. The van der Waals surface area contributed by atoms with Crippen LogP contribution in [0.3, 0.4) is 0 Å². The van der Waals surface area contributed by atoms with E-state index in [0.29, 0.717) is 16.6 Å². The second kappa shape index (κ2) is 11.6. The Morgan fingerprint density at radius 1 is 0.828 bits per heavy atom. The first-order valence-corrected chi connectivity index (χ1v) is 12.1. The number of thioether (sulfide) groups is 2. The normalized spacial score (nSPS) is 10.7. The van der Waals surface area contributed by atoms with Crippen molar-refractivity contribution in [3.8, 4) is 0 Å². The molecule has 6 heteroatoms. The third-order valence-electron chi connectivity index (χ3n) is 4.15. The molecule has 0 fully saturated rings. The molecule has 0 heterocycles. The Morgan fingerprint density at radius 3 is 2.38 bits per heavy atom. The van der Waals surface area contributed by atoms with Gasteiger partial charge in [0.1, 0.15) is 0 Å². The van der Waals surface area contributed by atoms with Gasteiger partial charge in [0.2, 0.25) is 0 Å². The zero-order valence-electron chi connectivity index (χ0n) is 15.7. The lowest BCUT2D eigenvalue weighted by Crippen LogP contribution is -2.26. The maximum Gasteiger partial charge on any atom is 0.252 e. The van der Waals surface area contributed by atoms with Crippen molar-refractivity contribution in [2.75, 3.05) is 12.3 Å². The Hall–Kier alpha value is -1.59. The fourth-order valence-corrected chi connectivity index (χ4v) is 4.80. The quantitative estimate of drug-likeness (QED) is 0.276. The molecule has 0 saturated heterocycles. The van der Waals surface area contributed by atoms with Crippen molar-refractivity contribution < 1.29 is 4.79 Å². The predicted octanol–water partition coefficient (Wildman–Crippen LogP) is 6.95. The van der Waals surface area contributed by atoms with Crippen LogP contribution >= 0.6 is 46.7 Å². The van der Waals surface area contributed by atoms with E-state index in [1.807, 2.05) is 60.7 Å². The fraction of sp³-hybridized carbons (Fsp3) is 0.174. The van der Waals surface area contributed by atoms with Gasteiger partial charge in [-0.25, -0.2) is 0 Å². The van der Waals surface area contributed by atoms with Gasteiger partial charge < -0.3 is 5.32 Å². The van der Waals surface area contributed by atoms with Crippen LogP contribution in [0.5, 0.6) is 0 Å². The van der Waals surface area contributed by atoms with Gasteiger partial charge in [0.05, 0.1) is 15.6 Å². The van der Waals surface area contributed by atoms with E-state index in [1.54, 1.807) is 23.5 Å². The number of nitrogens with one attached hydrogen (secondary N) is 1. The maximum atomic E-state index is 12.6. The van der Waals surface area contributed by atoms with E-state index in [4.69, 9.17) is 23.2 Å². The van der Waals surface area contributed by atoms with E-state index in [9.17, 15) is 4.79 Å². The van der Waals surface area contributed by atoms with Gasteiger partial charge in [-0.15, -0.1) is 11.8 Å². The van der Waals surface area contributed by atoms with Crippen LogP contribution in [0.15, 0.2) is 77.7 Å². The van der Waals surface area contributed by atoms with Gasteiger partial charge >= 0.3 is 0 Å². The number of carbonyl (C=O) groups excluding carboxylic acids is 1. The molecule has 0 saturated carbocycles. The van der Waals surface area contributed by atoms with Crippen LogP contribution in [-0.4, -0.2) is 18.2 Å². The first-order valence-electron chi connectivity index (χ1n) is 9.19. The molecule has 1 N–H and O–H groups in total. The smallest absolute Gasteiger partial charge is 0.252 e. The van der Waals surface area contributed by atoms with Crippen molar-refractivity contribution in [1.82, 2.24) is 5.32 Å². The molecule has 0 radical (unpaired) electrons. The van der Waals surface area contributed by atoms with Gasteiger partial charge in [0.25, 0.3) is 5.91 Å². The van der Waals surface area contributed by atoms with Crippen LogP contribution in [-0.2, 0) is 11.5 Å². The molecule has 0 aromatic heterocycles. The second-order valence-electron chi connectivity index (χ2n) is 6.33. The van der Waals surface area contributed by atoms with Crippen molar-refractivity contribution in [2.24, 2.45) is 0 Å². The average Bonchev–Trinajstić information content (AvgIpc) is 2.75. The largest absolute Gasteiger partial charge is 0.351 e. The Bertz CT molecular complexity index is 951. The Kier molecular flexibility index (Phi) is 8.81. The molecule has 3 aromatic rings. The monoisotopic (exact) mass is 461 g/mol. The van der Waals surface area contributed by atoms with Crippen molar-refractivity contribution in [2.45, 2.75) is 16.4 Å². The van der Waals surface area contributed by atoms with Gasteiger partial charge in [0, 0.05) is 28.7 Å². The van der Waals surface area contributed by atoms with E-state index < -0.39 is 0 Å². The summed E-state index contributed by atoms with van der Waals surface area (Å²) in [6.07, 6.45) is 0. The summed E-state index contributed by atoms with van der Waals surface area (Å²) in [5.41, 5.74) is 3.09. The Labute approximate surface area is 190 Å². The third kappa shape index (κ3) is 7.00. The topological polar surface area (TPSA) is 29.1 Å². The van der Waals surface area contributed by atoms with E-state index >= 15 is 0 Å². The predicted molar refractivity (Wildman–Crippen MR) is 127 cm³/mol. The van der Waals surface area contributed by atoms with E-state index in [0.717, 1.165) is 33.3 Å². The highest BCUT2D eigenvalue weighted by Crippen LogP contribution is 2.27. The minimum atomic E-state index is -0.0312. The number of benzene rings is 3. The number of amides is 1. The maximum absolute atomic E-state index is 12.6. The number of rotatable bonds is 9. The minimum Gasteiger partial charge on any atom is -0.351 e. The Balaban J connectivity index is 1.46. The molecule has 0 spiro atoms. The summed E-state index contributed by atoms with van der Waals surface area (Å²) in [4.78, 5) is 13.6. The van der Waals surface area contributed by atoms with E-state index in [-0.39, 0.29) is 5.91 Å². The van der Waals surface area contributed by atoms with Crippen molar-refractivity contribution in [3.05, 3.63) is 99.5 Å². The van der Waals surface area contributed by atoms with Gasteiger partial charge in [-0.1, -0.05) is 71.7 Å². The summed E-state index contributed by atoms with van der Waals surface area (Å²) in [6.45, 7) is 0.614. The van der Waals surface area contributed by atoms with Gasteiger partial charge in [-0.2, -0.15) is 11.8 Å². The molecule has 0 aliphatic rings. The highest BCUT2D eigenvalue weighted by Gasteiger charge is 2.11. The number of hydrogen-bond donors (Lipinski definition) is 1. The summed E-state index contributed by atoms with van der Waals surface area (Å²) >= 11 is 15.4. The zero-order valence-corrected chi connectivity index (χ0v) is 18.9. The van der Waals surface area contributed by atoms with E-state index in [1.165, 1.54) is 5.56 Å². The summed E-state index contributed by atoms with van der Waals surface area (Å²) in [7, 11) is 0. The molecule has 1 amide bonds. The van der Waals surface area contributed by atoms with E-state index in [2.05, 4.69) is 17.4 Å². The number of carbonyl (C=O) groups is 1. The molecule has 2 nitrogen and oxygen atoms in total. The zero-order chi connectivity index (χ0) is 20.5. The van der Waals surface area contributed by atoms with Crippen LogP contribution in [0.4, 0.5) is 0 Å². The first-order chi connectivity index (χ1) is 14.1. The first kappa shape index (κ1) is 22.1. The molecule has 0 aliphatic carbocycles. The van der Waals surface area contributed by atoms with Crippen molar-refractivity contribution in [1.29, 1.82) is 0 Å². The molecule has 0 aliphatic heterocycles. The standard InChI is InChI=1S/C23H21Cl2NOS2/c24-20-11-10-18(14-21(20)25)15-28-13-12-26-23(27)19-8-4-5-9-22(19)29-16-17-6-2-1-3-7-17/h1-11,14H,12-13,15-16H2,(H,26,27). The molecule has 3 aromatic carbocycles. The average molecular weight is 462 g/mol. The second-order valence-corrected chi connectivity index (χ2v) is 9.26. The third-order valence-corrected chi connectivity index (χ3v) is 7.07. The lowest BCUT2D eigenvalue weighted by molar-refractivity contribution is 0.0953. The van der Waals surface area contributed by atoms with Gasteiger partial charge in [-0.05, 0) is 35.4 Å². The molecular weight excluding hydrogens is 441 g/mol. The molecule has 150 valence electrons. The molecular formula is C23H21Cl2NOS2. The van der Waals surface area contributed by atoms with Crippen molar-refractivity contribution >= 4 is 52.6 Å². The van der Waals surface area contributed by atoms with Gasteiger partial charge in [0.15, 0.2) is 0 Å².